The number of unbranched alkanes of at least 4 members (excludes halogenated alkanes) is 10. The van der Waals surface area contributed by atoms with Gasteiger partial charge in [0, 0.05) is 12.8 Å². The first-order valence-corrected chi connectivity index (χ1v) is 20.7. The van der Waals surface area contributed by atoms with Gasteiger partial charge in [0.05, 0.1) is 12.2 Å². The van der Waals surface area contributed by atoms with Crippen LogP contribution in [0.2, 0.25) is 0 Å². The molecule has 272 valence electrons. The number of aliphatic hydroxyl groups excluding tert-OH is 2. The molecule has 0 radical (unpaired) electrons. The standard InChI is InChI=1S/C43H76O4/c1-8-10-11-12-13-14-15-16-17-18-19-20-40(46)47-34-23-25-42(6)33(28-34)29-39(45)41-36-22-21-35(43(36,7)26-24-37(41)42)31(5)38(44)27-32(9-2)30(3)4/h29-32,34-39,41,44-45H,8-28H2,1-7H3/t31-,32+,34-,35+,36-,37-,38+,39+,41-,42-,43+/m0/s1. The lowest BCUT2D eigenvalue weighted by Crippen LogP contribution is -2.55. The summed E-state index contributed by atoms with van der Waals surface area (Å²) < 4.78 is 6.06. The Balaban J connectivity index is 1.26. The van der Waals surface area contributed by atoms with Crippen molar-refractivity contribution in [3.8, 4) is 0 Å². The van der Waals surface area contributed by atoms with Crippen molar-refractivity contribution in [2.24, 2.45) is 52.3 Å². The Morgan fingerprint density at radius 3 is 2.13 bits per heavy atom. The topological polar surface area (TPSA) is 66.8 Å². The fourth-order valence-electron chi connectivity index (χ4n) is 11.5. The average molecular weight is 657 g/mol. The van der Waals surface area contributed by atoms with Crippen LogP contribution in [0.5, 0.6) is 0 Å². The van der Waals surface area contributed by atoms with Crippen LogP contribution in [0.3, 0.4) is 0 Å². The first kappa shape index (κ1) is 38.9. The Labute approximate surface area is 290 Å². The molecule has 0 amide bonds. The Morgan fingerprint density at radius 1 is 0.872 bits per heavy atom. The molecule has 0 aromatic rings. The van der Waals surface area contributed by atoms with E-state index in [0.29, 0.717) is 47.8 Å². The summed E-state index contributed by atoms with van der Waals surface area (Å²) in [6.07, 6.45) is 25.8. The number of esters is 1. The zero-order valence-electron chi connectivity index (χ0n) is 31.9. The molecule has 0 aromatic carbocycles. The van der Waals surface area contributed by atoms with Gasteiger partial charge in [0.1, 0.15) is 6.10 Å². The van der Waals surface area contributed by atoms with Crippen molar-refractivity contribution in [2.75, 3.05) is 0 Å². The second kappa shape index (κ2) is 17.9. The molecule has 0 aliphatic heterocycles. The Hall–Kier alpha value is -0.870. The summed E-state index contributed by atoms with van der Waals surface area (Å²) in [5.41, 5.74) is 1.63. The molecule has 0 unspecified atom stereocenters. The van der Waals surface area contributed by atoms with E-state index in [-0.39, 0.29) is 29.0 Å². The van der Waals surface area contributed by atoms with Gasteiger partial charge in [-0.1, -0.05) is 131 Å². The third-order valence-corrected chi connectivity index (χ3v) is 14.7. The summed E-state index contributed by atoms with van der Waals surface area (Å²) in [4.78, 5) is 12.8. The molecule has 47 heavy (non-hydrogen) atoms. The average Bonchev–Trinajstić information content (AvgIpc) is 3.39. The summed E-state index contributed by atoms with van der Waals surface area (Å²) in [6.45, 7) is 16.4. The SMILES string of the molecule is CCCCCCCCCCCCCC(=O)O[C@H]1CC[C@@]2(C)C(=C[C@@H](O)[C@H]3[C@@H]4CC[C@H]([C@H](C)[C@H](O)C[C@@H](CC)C(C)C)[C@@]4(C)CC[C@@H]32)C1. The third kappa shape index (κ3) is 9.28. The van der Waals surface area contributed by atoms with E-state index >= 15 is 0 Å². The highest BCUT2D eigenvalue weighted by Gasteiger charge is 2.61. The molecule has 3 fully saturated rings. The number of hydrogen-bond acceptors (Lipinski definition) is 4. The highest BCUT2D eigenvalue weighted by atomic mass is 16.5. The predicted molar refractivity (Wildman–Crippen MR) is 196 cm³/mol. The van der Waals surface area contributed by atoms with Gasteiger partial charge in [-0.2, -0.15) is 0 Å². The van der Waals surface area contributed by atoms with E-state index in [1.165, 1.54) is 82.6 Å². The number of carbonyl (C=O) groups is 1. The molecular weight excluding hydrogens is 580 g/mol. The molecule has 0 heterocycles. The van der Waals surface area contributed by atoms with Crippen LogP contribution in [-0.2, 0) is 9.53 Å². The minimum Gasteiger partial charge on any atom is -0.462 e. The highest BCUT2D eigenvalue weighted by molar-refractivity contribution is 5.69. The maximum atomic E-state index is 12.8. The number of fused-ring (bicyclic) bond motifs is 5. The van der Waals surface area contributed by atoms with Gasteiger partial charge < -0.3 is 14.9 Å². The van der Waals surface area contributed by atoms with Crippen LogP contribution in [0.4, 0.5) is 0 Å². The molecule has 4 rings (SSSR count). The lowest BCUT2D eigenvalue weighted by molar-refractivity contribution is -0.152. The molecule has 3 saturated carbocycles. The monoisotopic (exact) mass is 657 g/mol. The number of aliphatic hydroxyl groups is 2. The lowest BCUT2D eigenvalue weighted by atomic mass is 9.46. The Bertz CT molecular complexity index is 988. The van der Waals surface area contributed by atoms with Crippen LogP contribution in [0, 0.1) is 52.3 Å². The van der Waals surface area contributed by atoms with E-state index in [1.54, 1.807) is 0 Å². The molecule has 0 aromatic heterocycles. The van der Waals surface area contributed by atoms with Gasteiger partial charge in [-0.15, -0.1) is 0 Å². The summed E-state index contributed by atoms with van der Waals surface area (Å²) >= 11 is 0. The summed E-state index contributed by atoms with van der Waals surface area (Å²) in [7, 11) is 0. The number of hydrogen-bond donors (Lipinski definition) is 2. The van der Waals surface area contributed by atoms with E-state index in [2.05, 4.69) is 54.5 Å². The normalized spacial score (nSPS) is 35.4. The van der Waals surface area contributed by atoms with Crippen molar-refractivity contribution in [3.05, 3.63) is 11.6 Å². The first-order valence-electron chi connectivity index (χ1n) is 20.7. The van der Waals surface area contributed by atoms with E-state index in [1.807, 2.05) is 0 Å². The van der Waals surface area contributed by atoms with Crippen molar-refractivity contribution in [3.63, 3.8) is 0 Å². The molecule has 4 aliphatic carbocycles. The van der Waals surface area contributed by atoms with Crippen molar-refractivity contribution in [2.45, 2.75) is 202 Å². The van der Waals surface area contributed by atoms with Crippen molar-refractivity contribution in [1.29, 1.82) is 0 Å². The van der Waals surface area contributed by atoms with E-state index in [4.69, 9.17) is 4.74 Å². The minimum atomic E-state index is -0.414. The molecular formula is C43H76O4. The summed E-state index contributed by atoms with van der Waals surface area (Å²) in [5.74, 6) is 3.29. The van der Waals surface area contributed by atoms with Crippen LogP contribution in [0.15, 0.2) is 11.6 Å². The number of carbonyl (C=O) groups excluding carboxylic acids is 1. The molecule has 4 aliphatic rings. The maximum Gasteiger partial charge on any atom is 0.306 e. The predicted octanol–water partition coefficient (Wildman–Crippen LogP) is 11.2. The van der Waals surface area contributed by atoms with Crippen LogP contribution in [0.25, 0.3) is 0 Å². The quantitative estimate of drug-likeness (QED) is 0.0825. The molecule has 2 N–H and O–H groups in total. The van der Waals surface area contributed by atoms with Gasteiger partial charge in [0.2, 0.25) is 0 Å². The van der Waals surface area contributed by atoms with Gasteiger partial charge in [0.15, 0.2) is 0 Å². The van der Waals surface area contributed by atoms with Gasteiger partial charge in [-0.25, -0.2) is 0 Å². The highest BCUT2D eigenvalue weighted by Crippen LogP contribution is 2.67. The zero-order chi connectivity index (χ0) is 34.2. The number of rotatable bonds is 19. The maximum absolute atomic E-state index is 12.8. The van der Waals surface area contributed by atoms with Gasteiger partial charge in [-0.3, -0.25) is 4.79 Å². The van der Waals surface area contributed by atoms with Crippen LogP contribution in [0.1, 0.15) is 183 Å². The van der Waals surface area contributed by atoms with E-state index in [0.717, 1.165) is 51.4 Å². The van der Waals surface area contributed by atoms with E-state index < -0.39 is 6.10 Å². The second-order valence-corrected chi connectivity index (χ2v) is 17.8. The lowest BCUT2D eigenvalue weighted by Gasteiger charge is -2.59. The molecule has 11 atom stereocenters. The molecule has 0 saturated heterocycles. The van der Waals surface area contributed by atoms with Crippen LogP contribution < -0.4 is 0 Å². The van der Waals surface area contributed by atoms with Crippen molar-refractivity contribution in [1.82, 2.24) is 0 Å². The third-order valence-electron chi connectivity index (χ3n) is 14.7. The van der Waals surface area contributed by atoms with Gasteiger partial charge in [0.25, 0.3) is 0 Å². The molecule has 0 bridgehead atoms. The molecule has 0 spiro atoms. The summed E-state index contributed by atoms with van der Waals surface area (Å²) in [6, 6.07) is 0. The number of ether oxygens (including phenoxy) is 1. The van der Waals surface area contributed by atoms with Gasteiger partial charge in [-0.05, 0) is 104 Å². The van der Waals surface area contributed by atoms with Crippen molar-refractivity contribution >= 4 is 5.97 Å². The van der Waals surface area contributed by atoms with Crippen LogP contribution in [-0.4, -0.2) is 34.5 Å². The fourth-order valence-corrected chi connectivity index (χ4v) is 11.5. The van der Waals surface area contributed by atoms with Gasteiger partial charge >= 0.3 is 5.97 Å². The van der Waals surface area contributed by atoms with E-state index in [9.17, 15) is 15.0 Å². The Kier molecular flexibility index (Phi) is 14.8. The Morgan fingerprint density at radius 2 is 1.51 bits per heavy atom. The fraction of sp³-hybridized carbons (Fsp3) is 0.930. The smallest absolute Gasteiger partial charge is 0.306 e. The first-order chi connectivity index (χ1) is 22.5. The largest absolute Gasteiger partial charge is 0.462 e. The summed E-state index contributed by atoms with van der Waals surface area (Å²) in [5, 5.41) is 23.2. The van der Waals surface area contributed by atoms with Crippen molar-refractivity contribution < 1.29 is 19.7 Å². The molecule has 4 nitrogen and oxygen atoms in total. The molecule has 4 heteroatoms. The minimum absolute atomic E-state index is 0.0234. The second-order valence-electron chi connectivity index (χ2n) is 17.8. The zero-order valence-corrected chi connectivity index (χ0v) is 31.9. The van der Waals surface area contributed by atoms with Crippen LogP contribution >= 0.6 is 0 Å².